The van der Waals surface area contributed by atoms with Crippen molar-refractivity contribution in [1.82, 2.24) is 0 Å². The van der Waals surface area contributed by atoms with E-state index in [9.17, 15) is 4.79 Å². The van der Waals surface area contributed by atoms with E-state index >= 15 is 0 Å². The fraction of sp³-hybridized carbons (Fsp3) is 0.900. The van der Waals surface area contributed by atoms with Gasteiger partial charge in [0.15, 0.2) is 0 Å². The lowest BCUT2D eigenvalue weighted by Crippen LogP contribution is -2.34. The summed E-state index contributed by atoms with van der Waals surface area (Å²) in [5.41, 5.74) is -0.461. The van der Waals surface area contributed by atoms with Gasteiger partial charge in [0.25, 0.3) is 0 Å². The minimum absolute atomic E-state index is 0.111. The number of rotatable bonds is 5. The highest BCUT2D eigenvalue weighted by Gasteiger charge is 2.32. The highest BCUT2D eigenvalue weighted by Crippen LogP contribution is 2.36. The van der Waals surface area contributed by atoms with E-state index in [1.54, 1.807) is 7.11 Å². The lowest BCUT2D eigenvalue weighted by molar-refractivity contribution is -0.144. The van der Waals surface area contributed by atoms with Gasteiger partial charge in [-0.05, 0) is 19.3 Å². The van der Waals surface area contributed by atoms with Gasteiger partial charge in [0, 0.05) is 7.11 Å². The van der Waals surface area contributed by atoms with Gasteiger partial charge < -0.3 is 9.84 Å². The lowest BCUT2D eigenvalue weighted by atomic mass is 9.77. The van der Waals surface area contributed by atoms with Crippen LogP contribution in [-0.2, 0) is 9.53 Å². The summed E-state index contributed by atoms with van der Waals surface area (Å²) in [5.74, 6) is -0.0898. The molecule has 1 saturated carbocycles. The summed E-state index contributed by atoms with van der Waals surface area (Å²) >= 11 is 0. The average molecular weight is 186 g/mol. The second kappa shape index (κ2) is 4.09. The zero-order valence-electron chi connectivity index (χ0n) is 8.38. The average Bonchev–Trinajstić information content (AvgIpc) is 1.96. The van der Waals surface area contributed by atoms with Crippen molar-refractivity contribution in [1.29, 1.82) is 0 Å². The predicted molar refractivity (Wildman–Crippen MR) is 49.6 cm³/mol. The highest BCUT2D eigenvalue weighted by atomic mass is 16.5. The number of hydrogen-bond acceptors (Lipinski definition) is 2. The number of methoxy groups -OCH3 is 1. The second-order valence-corrected chi connectivity index (χ2v) is 4.23. The first-order valence-electron chi connectivity index (χ1n) is 4.83. The van der Waals surface area contributed by atoms with Crippen LogP contribution >= 0.6 is 0 Å². The molecule has 0 amide bonds. The van der Waals surface area contributed by atoms with Crippen LogP contribution in [0.5, 0.6) is 0 Å². The SMILES string of the molecule is COC(C)(CC(=O)O)CC1CCC1. The van der Waals surface area contributed by atoms with Crippen LogP contribution in [0.3, 0.4) is 0 Å². The lowest BCUT2D eigenvalue weighted by Gasteiger charge is -2.35. The normalized spacial score (nSPS) is 22.0. The first kappa shape index (κ1) is 10.5. The molecule has 0 aromatic heterocycles. The number of ether oxygens (including phenoxy) is 1. The van der Waals surface area contributed by atoms with Crippen molar-refractivity contribution in [2.75, 3.05) is 7.11 Å². The van der Waals surface area contributed by atoms with Gasteiger partial charge in [-0.15, -0.1) is 0 Å². The fourth-order valence-corrected chi connectivity index (χ4v) is 1.86. The van der Waals surface area contributed by atoms with E-state index in [-0.39, 0.29) is 6.42 Å². The van der Waals surface area contributed by atoms with Crippen LogP contribution in [0.1, 0.15) is 39.0 Å². The maximum absolute atomic E-state index is 10.6. The van der Waals surface area contributed by atoms with Crippen molar-refractivity contribution in [3.05, 3.63) is 0 Å². The standard InChI is InChI=1S/C10H18O3/c1-10(13-2,7-9(11)12)6-8-4-3-5-8/h8H,3-7H2,1-2H3,(H,11,12). The number of carbonyl (C=O) groups is 1. The van der Waals surface area contributed by atoms with Crippen molar-refractivity contribution < 1.29 is 14.6 Å². The molecule has 1 atom stereocenters. The quantitative estimate of drug-likeness (QED) is 0.714. The largest absolute Gasteiger partial charge is 0.481 e. The number of carboxylic acids is 1. The van der Waals surface area contributed by atoms with Gasteiger partial charge in [0.1, 0.15) is 0 Å². The molecular weight excluding hydrogens is 168 g/mol. The Bertz CT molecular complexity index is 187. The molecular formula is C10H18O3. The van der Waals surface area contributed by atoms with E-state index in [1.807, 2.05) is 6.92 Å². The molecule has 1 fully saturated rings. The molecule has 0 radical (unpaired) electrons. The molecule has 0 spiro atoms. The minimum atomic E-state index is -0.774. The van der Waals surface area contributed by atoms with Crippen LogP contribution in [0.25, 0.3) is 0 Å². The number of carboxylic acid groups (broad SMARTS) is 1. The topological polar surface area (TPSA) is 46.5 Å². The predicted octanol–water partition coefficient (Wildman–Crippen LogP) is 2.06. The molecule has 3 nitrogen and oxygen atoms in total. The van der Waals surface area contributed by atoms with Crippen LogP contribution in [-0.4, -0.2) is 23.8 Å². The molecule has 1 rings (SSSR count). The first-order chi connectivity index (χ1) is 6.06. The maximum atomic E-state index is 10.6. The Morgan fingerprint density at radius 1 is 1.62 bits per heavy atom. The molecule has 0 aromatic rings. The third kappa shape index (κ3) is 2.99. The summed E-state index contributed by atoms with van der Waals surface area (Å²) in [6.07, 6.45) is 4.75. The Balaban J connectivity index is 2.41. The van der Waals surface area contributed by atoms with Gasteiger partial charge in [-0.1, -0.05) is 19.3 Å². The summed E-state index contributed by atoms with van der Waals surface area (Å²) in [5, 5.41) is 8.70. The van der Waals surface area contributed by atoms with E-state index in [4.69, 9.17) is 9.84 Å². The van der Waals surface area contributed by atoms with Crippen LogP contribution in [0.4, 0.5) is 0 Å². The van der Waals surface area contributed by atoms with Gasteiger partial charge in [-0.3, -0.25) is 4.79 Å². The maximum Gasteiger partial charge on any atom is 0.306 e. The summed E-state index contributed by atoms with van der Waals surface area (Å²) in [6, 6.07) is 0. The number of aliphatic carboxylic acids is 1. The fourth-order valence-electron chi connectivity index (χ4n) is 1.86. The zero-order valence-corrected chi connectivity index (χ0v) is 8.38. The molecule has 0 aliphatic heterocycles. The van der Waals surface area contributed by atoms with Crippen molar-refractivity contribution in [3.63, 3.8) is 0 Å². The first-order valence-corrected chi connectivity index (χ1v) is 4.83. The molecule has 13 heavy (non-hydrogen) atoms. The molecule has 1 unspecified atom stereocenters. The third-order valence-corrected chi connectivity index (χ3v) is 2.96. The summed E-state index contributed by atoms with van der Waals surface area (Å²) in [7, 11) is 1.60. The van der Waals surface area contributed by atoms with Crippen molar-refractivity contribution in [2.24, 2.45) is 5.92 Å². The summed E-state index contributed by atoms with van der Waals surface area (Å²) < 4.78 is 5.27. The molecule has 0 saturated heterocycles. The monoisotopic (exact) mass is 186 g/mol. The van der Waals surface area contributed by atoms with Crippen molar-refractivity contribution >= 4 is 5.97 Å². The molecule has 0 aromatic carbocycles. The van der Waals surface area contributed by atoms with Crippen LogP contribution < -0.4 is 0 Å². The summed E-state index contributed by atoms with van der Waals surface area (Å²) in [6.45, 7) is 1.89. The Morgan fingerprint density at radius 3 is 2.54 bits per heavy atom. The Hall–Kier alpha value is -0.570. The Labute approximate surface area is 79.1 Å². The van der Waals surface area contributed by atoms with E-state index in [0.717, 1.165) is 6.42 Å². The van der Waals surface area contributed by atoms with E-state index in [2.05, 4.69) is 0 Å². The molecule has 0 heterocycles. The molecule has 76 valence electrons. The zero-order chi connectivity index (χ0) is 9.90. The second-order valence-electron chi connectivity index (χ2n) is 4.23. The van der Waals surface area contributed by atoms with Gasteiger partial charge in [0.2, 0.25) is 0 Å². The van der Waals surface area contributed by atoms with Crippen LogP contribution in [0, 0.1) is 5.92 Å². The van der Waals surface area contributed by atoms with Gasteiger partial charge >= 0.3 is 5.97 Å². The molecule has 1 aliphatic carbocycles. The van der Waals surface area contributed by atoms with Gasteiger partial charge in [-0.25, -0.2) is 0 Å². The van der Waals surface area contributed by atoms with Gasteiger partial charge in [-0.2, -0.15) is 0 Å². The molecule has 1 aliphatic rings. The Morgan fingerprint density at radius 2 is 2.23 bits per heavy atom. The smallest absolute Gasteiger partial charge is 0.306 e. The van der Waals surface area contributed by atoms with Gasteiger partial charge in [0.05, 0.1) is 12.0 Å². The summed E-state index contributed by atoms with van der Waals surface area (Å²) in [4.78, 5) is 10.6. The van der Waals surface area contributed by atoms with E-state index in [0.29, 0.717) is 5.92 Å². The van der Waals surface area contributed by atoms with Crippen molar-refractivity contribution in [3.8, 4) is 0 Å². The third-order valence-electron chi connectivity index (χ3n) is 2.96. The highest BCUT2D eigenvalue weighted by molar-refractivity contribution is 5.68. The van der Waals surface area contributed by atoms with E-state index in [1.165, 1.54) is 19.3 Å². The van der Waals surface area contributed by atoms with E-state index < -0.39 is 11.6 Å². The van der Waals surface area contributed by atoms with Crippen molar-refractivity contribution in [2.45, 2.75) is 44.6 Å². The Kier molecular flexibility index (Phi) is 3.31. The van der Waals surface area contributed by atoms with Crippen LogP contribution in [0.2, 0.25) is 0 Å². The molecule has 0 bridgehead atoms. The van der Waals surface area contributed by atoms with Crippen LogP contribution in [0.15, 0.2) is 0 Å². The minimum Gasteiger partial charge on any atom is -0.481 e. The number of hydrogen-bond donors (Lipinski definition) is 1. The molecule has 1 N–H and O–H groups in total. The molecule has 3 heteroatoms.